The Morgan fingerprint density at radius 3 is 2.00 bits per heavy atom. The van der Waals surface area contributed by atoms with E-state index in [1.807, 2.05) is 13.8 Å². The Morgan fingerprint density at radius 2 is 1.89 bits per heavy atom. The molecule has 0 aromatic heterocycles. The van der Waals surface area contributed by atoms with Crippen molar-refractivity contribution in [1.82, 2.24) is 0 Å². The Bertz CT molecular complexity index is 122. The maximum atomic E-state index is 5.48. The molecule has 0 aromatic carbocycles. The van der Waals surface area contributed by atoms with E-state index in [1.165, 1.54) is 0 Å². The molecule has 1 nitrogen and oxygen atoms in total. The van der Waals surface area contributed by atoms with Gasteiger partial charge in [-0.15, -0.1) is 0 Å². The molecule has 0 N–H and O–H groups in total. The molecule has 0 heterocycles. The topological polar surface area (TPSA) is 12.4 Å². The van der Waals surface area contributed by atoms with Crippen molar-refractivity contribution >= 4 is 38.8 Å². The lowest BCUT2D eigenvalue weighted by Gasteiger charge is -2.03. The van der Waals surface area contributed by atoms with E-state index in [4.69, 9.17) is 33.7 Å². The second-order valence-electron chi connectivity index (χ2n) is 1.79. The highest BCUT2D eigenvalue weighted by Gasteiger charge is 2.06. The van der Waals surface area contributed by atoms with E-state index in [-0.39, 0.29) is 6.04 Å². The summed E-state index contributed by atoms with van der Waals surface area (Å²) in [5, 5.41) is -2.45. The Hall–Kier alpha value is 1.10. The van der Waals surface area contributed by atoms with E-state index >= 15 is 0 Å². The smallest absolute Gasteiger partial charge is 0.224 e. The van der Waals surface area contributed by atoms with Gasteiger partial charge in [0, 0.05) is 6.04 Å². The van der Waals surface area contributed by atoms with Crippen LogP contribution in [0.15, 0.2) is 4.74 Å². The van der Waals surface area contributed by atoms with Crippen molar-refractivity contribution < 1.29 is 0 Å². The first-order valence-corrected chi connectivity index (χ1v) is 7.11. The maximum Gasteiger partial charge on any atom is 0.224 e. The summed E-state index contributed by atoms with van der Waals surface area (Å²) in [7, 11) is 0. The van der Waals surface area contributed by atoms with Gasteiger partial charge in [0.1, 0.15) is 0 Å². The fourth-order valence-corrected chi connectivity index (χ4v) is 2.26. The molecule has 1 atom stereocenters. The molecule has 9 heavy (non-hydrogen) atoms. The zero-order chi connectivity index (χ0) is 7.49. The molecule has 0 aliphatic rings. The van der Waals surface area contributed by atoms with Gasteiger partial charge in [0.15, 0.2) is 0 Å². The van der Waals surface area contributed by atoms with Gasteiger partial charge in [0.2, 0.25) is 5.11 Å². The molecule has 0 saturated carbocycles. The summed E-state index contributed by atoms with van der Waals surface area (Å²) in [6.45, 7) is 3.94. The monoisotopic (exact) mass is 207 g/mol. The summed E-state index contributed by atoms with van der Waals surface area (Å²) < 4.78 is 3.94. The van der Waals surface area contributed by atoms with Crippen LogP contribution < -0.4 is 0 Å². The van der Waals surface area contributed by atoms with Gasteiger partial charge in [-0.3, -0.25) is 4.74 Å². The molecule has 0 rings (SSSR count). The molecule has 56 valence electrons. The van der Waals surface area contributed by atoms with Crippen LogP contribution in [0, 0.1) is 0 Å². The third-order valence-corrected chi connectivity index (χ3v) is 2.36. The number of rotatable bonds is 2. The van der Waals surface area contributed by atoms with Gasteiger partial charge in [-0.1, -0.05) is 6.92 Å². The van der Waals surface area contributed by atoms with Crippen molar-refractivity contribution in [3.63, 3.8) is 0 Å². The van der Waals surface area contributed by atoms with Crippen LogP contribution in [0.1, 0.15) is 20.3 Å². The highest BCUT2D eigenvalue weighted by atomic mass is 36.0. The van der Waals surface area contributed by atoms with E-state index in [0.717, 1.165) is 6.42 Å². The number of hydrogen-bond donors (Lipinski definition) is 0. The molecular formula is C4H9Cl3NP. The van der Waals surface area contributed by atoms with Gasteiger partial charge in [-0.05, 0) is 47.1 Å². The van der Waals surface area contributed by atoms with Crippen LogP contribution >= 0.6 is 38.8 Å². The van der Waals surface area contributed by atoms with Gasteiger partial charge < -0.3 is 0 Å². The molecule has 1 unspecified atom stereocenters. The Morgan fingerprint density at radius 1 is 1.44 bits per heavy atom. The van der Waals surface area contributed by atoms with Crippen molar-refractivity contribution in [2.45, 2.75) is 26.3 Å². The lowest BCUT2D eigenvalue weighted by molar-refractivity contribution is 0.726. The second-order valence-corrected chi connectivity index (χ2v) is 8.82. The second kappa shape index (κ2) is 4.08. The van der Waals surface area contributed by atoms with E-state index in [2.05, 4.69) is 4.74 Å². The van der Waals surface area contributed by atoms with Crippen LogP contribution in [-0.4, -0.2) is 6.04 Å². The molecule has 0 radical (unpaired) electrons. The van der Waals surface area contributed by atoms with Crippen LogP contribution in [0.2, 0.25) is 0 Å². The predicted octanol–water partition coefficient (Wildman–Crippen LogP) is 4.45. The van der Waals surface area contributed by atoms with E-state index in [1.54, 1.807) is 0 Å². The van der Waals surface area contributed by atoms with Crippen molar-refractivity contribution in [2.24, 2.45) is 4.74 Å². The predicted molar refractivity (Wildman–Crippen MR) is 46.7 cm³/mol. The first-order chi connectivity index (χ1) is 3.95. The molecule has 0 spiro atoms. The average Bonchev–Trinajstić information content (AvgIpc) is 1.62. The largest absolute Gasteiger partial charge is 0.258 e. The fraction of sp³-hybridized carbons (Fsp3) is 1.00. The standard InChI is InChI=1S/C4H9Cl3NP/c1-3-4(2)8-9(5,6)7/h4H,3H2,1-2H3. The van der Waals surface area contributed by atoms with E-state index in [0.29, 0.717) is 0 Å². The summed E-state index contributed by atoms with van der Waals surface area (Å²) in [5.74, 6) is 0. The van der Waals surface area contributed by atoms with Gasteiger partial charge in [-0.25, -0.2) is 0 Å². The van der Waals surface area contributed by atoms with Crippen molar-refractivity contribution in [1.29, 1.82) is 0 Å². The number of hydrogen-bond acceptors (Lipinski definition) is 1. The van der Waals surface area contributed by atoms with Gasteiger partial charge >= 0.3 is 0 Å². The SMILES string of the molecule is CCC(C)N=P(Cl)(Cl)Cl. The Balaban J connectivity index is 3.96. The zero-order valence-corrected chi connectivity index (χ0v) is 8.47. The molecule has 0 aromatic rings. The summed E-state index contributed by atoms with van der Waals surface area (Å²) in [4.78, 5) is 0. The van der Waals surface area contributed by atoms with E-state index < -0.39 is 5.11 Å². The highest BCUT2D eigenvalue weighted by Crippen LogP contribution is 2.65. The molecule has 0 aliphatic carbocycles. The van der Waals surface area contributed by atoms with Gasteiger partial charge in [0.25, 0.3) is 0 Å². The molecule has 0 fully saturated rings. The maximum absolute atomic E-state index is 5.48. The number of nitrogens with zero attached hydrogens (tertiary/aromatic N) is 1. The third kappa shape index (κ3) is 6.99. The third-order valence-electron chi connectivity index (χ3n) is 0.919. The lowest BCUT2D eigenvalue weighted by atomic mass is 10.3. The van der Waals surface area contributed by atoms with Crippen LogP contribution in [-0.2, 0) is 0 Å². The van der Waals surface area contributed by atoms with Gasteiger partial charge in [-0.2, -0.15) is 0 Å². The zero-order valence-electron chi connectivity index (χ0n) is 5.31. The molecule has 0 aliphatic heterocycles. The van der Waals surface area contributed by atoms with Crippen LogP contribution in [0.4, 0.5) is 0 Å². The normalized spacial score (nSPS) is 15.2. The average molecular weight is 208 g/mol. The Labute approximate surface area is 70.1 Å². The van der Waals surface area contributed by atoms with Crippen LogP contribution in [0.3, 0.4) is 0 Å². The minimum absolute atomic E-state index is 0.172. The van der Waals surface area contributed by atoms with Crippen molar-refractivity contribution in [2.75, 3.05) is 0 Å². The molecule has 0 saturated heterocycles. The Kier molecular flexibility index (Phi) is 4.58. The molecular weight excluding hydrogens is 199 g/mol. The highest BCUT2D eigenvalue weighted by molar-refractivity contribution is 8.26. The summed E-state index contributed by atoms with van der Waals surface area (Å²) >= 11 is 16.4. The minimum atomic E-state index is -2.45. The van der Waals surface area contributed by atoms with Crippen molar-refractivity contribution in [3.05, 3.63) is 0 Å². The summed E-state index contributed by atoms with van der Waals surface area (Å²) in [5.41, 5.74) is 0. The fourth-order valence-electron chi connectivity index (χ4n) is 0.305. The number of halogens is 3. The first kappa shape index (κ1) is 10.1. The molecule has 0 amide bonds. The quantitative estimate of drug-likeness (QED) is 0.595. The van der Waals surface area contributed by atoms with E-state index in [9.17, 15) is 0 Å². The van der Waals surface area contributed by atoms with Gasteiger partial charge in [0.05, 0.1) is 0 Å². The minimum Gasteiger partial charge on any atom is -0.258 e. The summed E-state index contributed by atoms with van der Waals surface area (Å²) in [6.07, 6.45) is 0.925. The summed E-state index contributed by atoms with van der Waals surface area (Å²) in [6, 6.07) is 0.172. The van der Waals surface area contributed by atoms with Crippen LogP contribution in [0.5, 0.6) is 0 Å². The first-order valence-electron chi connectivity index (χ1n) is 2.66. The van der Waals surface area contributed by atoms with Crippen molar-refractivity contribution in [3.8, 4) is 0 Å². The molecule has 0 bridgehead atoms. The lowest BCUT2D eigenvalue weighted by Crippen LogP contribution is -1.90. The van der Waals surface area contributed by atoms with Crippen LogP contribution in [0.25, 0.3) is 0 Å². The molecule has 5 heteroatoms.